The molecule has 0 saturated carbocycles. The van der Waals surface area contributed by atoms with Gasteiger partial charge in [0.15, 0.2) is 0 Å². The number of carbonyl (C=O) groups excluding carboxylic acids is 2. The third kappa shape index (κ3) is 3.12. The Balaban J connectivity index is 1.86. The molecular weight excluding hydrogens is 347 g/mol. The quantitative estimate of drug-likeness (QED) is 0.825. The maximum absolute atomic E-state index is 12.7. The highest BCUT2D eigenvalue weighted by Crippen LogP contribution is 2.31. The molecule has 2 aromatic carbocycles. The predicted octanol–water partition coefficient (Wildman–Crippen LogP) is 4.35. The Labute approximate surface area is 150 Å². The van der Waals surface area contributed by atoms with Crippen LogP contribution < -0.4 is 10.2 Å². The van der Waals surface area contributed by atoms with E-state index in [0.717, 1.165) is 21.7 Å². The largest absolute Gasteiger partial charge is 0.373 e. The molecule has 1 fully saturated rings. The van der Waals surface area contributed by atoms with Crippen LogP contribution in [0, 0.1) is 13.8 Å². The first-order chi connectivity index (χ1) is 11.4. The van der Waals surface area contributed by atoms with Crippen molar-refractivity contribution in [2.24, 2.45) is 0 Å². The minimum absolute atomic E-state index is 0.104. The zero-order chi connectivity index (χ0) is 17.4. The normalized spacial score (nSPS) is 17.5. The van der Waals surface area contributed by atoms with Gasteiger partial charge in [0.25, 0.3) is 5.91 Å². The lowest BCUT2D eigenvalue weighted by molar-refractivity contribution is -0.121. The highest BCUT2D eigenvalue weighted by molar-refractivity contribution is 6.42. The lowest BCUT2D eigenvalue weighted by Crippen LogP contribution is -2.34. The van der Waals surface area contributed by atoms with Crippen molar-refractivity contribution in [1.29, 1.82) is 0 Å². The second-order valence-electron chi connectivity index (χ2n) is 5.89. The van der Waals surface area contributed by atoms with Gasteiger partial charge in [-0.25, -0.2) is 4.90 Å². The third-order valence-corrected chi connectivity index (χ3v) is 4.77. The molecule has 124 valence electrons. The lowest BCUT2D eigenvalue weighted by atomic mass is 10.1. The summed E-state index contributed by atoms with van der Waals surface area (Å²) in [5.74, 6) is -0.555. The Hall–Kier alpha value is -2.04. The van der Waals surface area contributed by atoms with Crippen molar-refractivity contribution in [3.05, 3.63) is 57.6 Å². The van der Waals surface area contributed by atoms with E-state index in [9.17, 15) is 9.59 Å². The smallest absolute Gasteiger partial charge is 0.256 e. The molecule has 0 radical (unpaired) electrons. The number of amides is 2. The Morgan fingerprint density at radius 1 is 1.04 bits per heavy atom. The summed E-state index contributed by atoms with van der Waals surface area (Å²) in [7, 11) is 0. The summed E-state index contributed by atoms with van der Waals surface area (Å²) in [5.41, 5.74) is 3.40. The first kappa shape index (κ1) is 16.8. The number of hydrogen-bond acceptors (Lipinski definition) is 3. The summed E-state index contributed by atoms with van der Waals surface area (Å²) in [6.45, 7) is 3.94. The first-order valence-corrected chi connectivity index (χ1v) is 8.28. The van der Waals surface area contributed by atoms with Gasteiger partial charge in [-0.3, -0.25) is 9.59 Å². The standard InChI is InChI=1S/C18H16Cl2N2O2/c1-10-3-4-11(2)15(7-10)21-16-9-17(23)22(18(16)24)12-5-6-13(19)14(20)8-12/h3-8,16,21H,9H2,1-2H3/t16-/m0/s1. The minimum atomic E-state index is -0.590. The molecule has 0 unspecified atom stereocenters. The monoisotopic (exact) mass is 362 g/mol. The summed E-state index contributed by atoms with van der Waals surface area (Å²) < 4.78 is 0. The Morgan fingerprint density at radius 3 is 2.50 bits per heavy atom. The van der Waals surface area contributed by atoms with Gasteiger partial charge < -0.3 is 5.32 Å². The average Bonchev–Trinajstić information content (AvgIpc) is 2.80. The van der Waals surface area contributed by atoms with E-state index in [1.807, 2.05) is 32.0 Å². The fraction of sp³-hybridized carbons (Fsp3) is 0.222. The number of nitrogens with one attached hydrogen (secondary N) is 1. The highest BCUT2D eigenvalue weighted by atomic mass is 35.5. The molecule has 24 heavy (non-hydrogen) atoms. The summed E-state index contributed by atoms with van der Waals surface area (Å²) in [6.07, 6.45) is 0.104. The molecule has 1 heterocycles. The van der Waals surface area contributed by atoms with E-state index in [1.165, 1.54) is 6.07 Å². The summed E-state index contributed by atoms with van der Waals surface area (Å²) in [5, 5.41) is 3.87. The fourth-order valence-electron chi connectivity index (χ4n) is 2.72. The molecule has 1 N–H and O–H groups in total. The van der Waals surface area contributed by atoms with Crippen molar-refractivity contribution in [2.45, 2.75) is 26.3 Å². The van der Waals surface area contributed by atoms with Crippen LogP contribution in [0.2, 0.25) is 10.0 Å². The van der Waals surface area contributed by atoms with Crippen molar-refractivity contribution in [3.63, 3.8) is 0 Å². The molecule has 1 aliphatic rings. The Morgan fingerprint density at radius 2 is 1.79 bits per heavy atom. The molecule has 2 amide bonds. The number of carbonyl (C=O) groups is 2. The predicted molar refractivity (Wildman–Crippen MR) is 96.9 cm³/mol. The van der Waals surface area contributed by atoms with Crippen molar-refractivity contribution in [3.8, 4) is 0 Å². The average molecular weight is 363 g/mol. The molecule has 1 atom stereocenters. The molecule has 0 aliphatic carbocycles. The maximum atomic E-state index is 12.7. The first-order valence-electron chi connectivity index (χ1n) is 7.52. The van der Waals surface area contributed by atoms with E-state index >= 15 is 0 Å². The number of anilines is 2. The molecule has 4 nitrogen and oxygen atoms in total. The number of benzene rings is 2. The SMILES string of the molecule is Cc1ccc(C)c(N[C@H]2CC(=O)N(c3ccc(Cl)c(Cl)c3)C2=O)c1. The summed E-state index contributed by atoms with van der Waals surface area (Å²) in [6, 6.07) is 10.1. The highest BCUT2D eigenvalue weighted by Gasteiger charge is 2.39. The second-order valence-corrected chi connectivity index (χ2v) is 6.70. The molecule has 0 aromatic heterocycles. The van der Waals surface area contributed by atoms with Crippen LogP contribution in [0.3, 0.4) is 0 Å². The number of halogens is 2. The van der Waals surface area contributed by atoms with Gasteiger partial charge in [0.1, 0.15) is 6.04 Å². The zero-order valence-electron chi connectivity index (χ0n) is 13.3. The summed E-state index contributed by atoms with van der Waals surface area (Å²) >= 11 is 11.9. The lowest BCUT2D eigenvalue weighted by Gasteiger charge is -2.17. The van der Waals surface area contributed by atoms with Gasteiger partial charge in [-0.1, -0.05) is 35.3 Å². The van der Waals surface area contributed by atoms with Crippen molar-refractivity contribution < 1.29 is 9.59 Å². The number of nitrogens with zero attached hydrogens (tertiary/aromatic N) is 1. The van der Waals surface area contributed by atoms with E-state index in [0.29, 0.717) is 15.7 Å². The van der Waals surface area contributed by atoms with Gasteiger partial charge in [-0.2, -0.15) is 0 Å². The fourth-order valence-corrected chi connectivity index (χ4v) is 3.01. The molecular formula is C18H16Cl2N2O2. The maximum Gasteiger partial charge on any atom is 0.256 e. The second kappa shape index (κ2) is 6.46. The van der Waals surface area contributed by atoms with E-state index in [-0.39, 0.29) is 18.2 Å². The van der Waals surface area contributed by atoms with Gasteiger partial charge in [-0.15, -0.1) is 0 Å². The van der Waals surface area contributed by atoms with Crippen LogP contribution in [0.5, 0.6) is 0 Å². The molecule has 0 bridgehead atoms. The van der Waals surface area contributed by atoms with Gasteiger partial charge in [0.2, 0.25) is 5.91 Å². The van der Waals surface area contributed by atoms with Crippen LogP contribution >= 0.6 is 23.2 Å². The number of hydrogen-bond donors (Lipinski definition) is 1. The zero-order valence-corrected chi connectivity index (χ0v) is 14.8. The molecule has 6 heteroatoms. The molecule has 2 aromatic rings. The van der Waals surface area contributed by atoms with Crippen molar-refractivity contribution >= 4 is 46.4 Å². The van der Waals surface area contributed by atoms with Crippen molar-refractivity contribution in [2.75, 3.05) is 10.2 Å². The third-order valence-electron chi connectivity index (χ3n) is 4.03. The van der Waals surface area contributed by atoms with Crippen molar-refractivity contribution in [1.82, 2.24) is 0 Å². The van der Waals surface area contributed by atoms with Crippen LogP contribution in [0.4, 0.5) is 11.4 Å². The topological polar surface area (TPSA) is 49.4 Å². The number of rotatable bonds is 3. The van der Waals surface area contributed by atoms with Crippen LogP contribution in [-0.4, -0.2) is 17.9 Å². The van der Waals surface area contributed by atoms with E-state index in [4.69, 9.17) is 23.2 Å². The molecule has 1 aliphatic heterocycles. The van der Waals surface area contributed by atoms with E-state index in [2.05, 4.69) is 5.32 Å². The van der Waals surface area contributed by atoms with Gasteiger partial charge in [-0.05, 0) is 49.2 Å². The van der Waals surface area contributed by atoms with E-state index < -0.39 is 6.04 Å². The molecule has 3 rings (SSSR count). The van der Waals surface area contributed by atoms with Crippen LogP contribution in [-0.2, 0) is 9.59 Å². The minimum Gasteiger partial charge on any atom is -0.373 e. The van der Waals surface area contributed by atoms with Gasteiger partial charge in [0, 0.05) is 5.69 Å². The number of imide groups is 1. The van der Waals surface area contributed by atoms with Crippen LogP contribution in [0.15, 0.2) is 36.4 Å². The number of aryl methyl sites for hydroxylation is 2. The Kier molecular flexibility index (Phi) is 4.52. The molecule has 1 saturated heterocycles. The summed E-state index contributed by atoms with van der Waals surface area (Å²) in [4.78, 5) is 26.2. The van der Waals surface area contributed by atoms with E-state index in [1.54, 1.807) is 12.1 Å². The van der Waals surface area contributed by atoms with Gasteiger partial charge in [0.05, 0.1) is 22.2 Å². The van der Waals surface area contributed by atoms with Crippen LogP contribution in [0.25, 0.3) is 0 Å². The van der Waals surface area contributed by atoms with Gasteiger partial charge >= 0.3 is 0 Å². The molecule has 0 spiro atoms. The Bertz CT molecular complexity index is 836. The van der Waals surface area contributed by atoms with Crippen LogP contribution in [0.1, 0.15) is 17.5 Å².